The molecule has 0 aromatic carbocycles. The Kier molecular flexibility index (Phi) is 4.87. The van der Waals surface area contributed by atoms with E-state index in [0.717, 1.165) is 23.7 Å². The molecule has 3 heterocycles. The quantitative estimate of drug-likeness (QED) is 0.871. The molecule has 6 nitrogen and oxygen atoms in total. The van der Waals surface area contributed by atoms with Crippen molar-refractivity contribution in [3.8, 4) is 0 Å². The van der Waals surface area contributed by atoms with E-state index in [1.807, 2.05) is 23.5 Å². The van der Waals surface area contributed by atoms with Crippen LogP contribution in [-0.4, -0.2) is 36.9 Å². The number of H-pyrrole nitrogens is 1. The molecule has 1 fully saturated rings. The van der Waals surface area contributed by atoms with Crippen LogP contribution in [0.5, 0.6) is 0 Å². The molecular weight excluding hydrogens is 306 g/mol. The molecule has 21 heavy (non-hydrogen) atoms. The maximum absolute atomic E-state index is 6.14. The van der Waals surface area contributed by atoms with Crippen LogP contribution >= 0.6 is 23.5 Å². The Morgan fingerprint density at radius 1 is 1.48 bits per heavy atom. The SMILES string of the molecule is CCC1SCCSC1c1noc(C(N)Cc2cnc[nH]2)n1. The van der Waals surface area contributed by atoms with Crippen molar-refractivity contribution in [3.63, 3.8) is 0 Å². The first-order valence-electron chi connectivity index (χ1n) is 7.07. The first-order valence-corrected chi connectivity index (χ1v) is 9.17. The number of hydrogen-bond acceptors (Lipinski definition) is 7. The highest BCUT2D eigenvalue weighted by molar-refractivity contribution is 8.06. The second-order valence-corrected chi connectivity index (χ2v) is 7.58. The average molecular weight is 325 g/mol. The molecule has 0 spiro atoms. The van der Waals surface area contributed by atoms with E-state index in [1.54, 1.807) is 12.5 Å². The summed E-state index contributed by atoms with van der Waals surface area (Å²) >= 11 is 3.92. The average Bonchev–Trinajstić information content (AvgIpc) is 3.18. The fourth-order valence-corrected chi connectivity index (χ4v) is 5.36. The number of aromatic amines is 1. The predicted octanol–water partition coefficient (Wildman–Crippen LogP) is 2.33. The van der Waals surface area contributed by atoms with Crippen molar-refractivity contribution < 1.29 is 4.52 Å². The van der Waals surface area contributed by atoms with Gasteiger partial charge in [0.15, 0.2) is 5.82 Å². The minimum absolute atomic E-state index is 0.298. The second kappa shape index (κ2) is 6.85. The molecule has 1 aliphatic rings. The Bertz CT molecular complexity index is 559. The minimum atomic E-state index is -0.298. The smallest absolute Gasteiger partial charge is 0.244 e. The predicted molar refractivity (Wildman–Crippen MR) is 85.3 cm³/mol. The van der Waals surface area contributed by atoms with Gasteiger partial charge in [0.25, 0.3) is 0 Å². The summed E-state index contributed by atoms with van der Waals surface area (Å²) in [7, 11) is 0. The number of nitrogens with zero attached hydrogens (tertiary/aromatic N) is 3. The van der Waals surface area contributed by atoms with Gasteiger partial charge in [-0.3, -0.25) is 0 Å². The van der Waals surface area contributed by atoms with Crippen molar-refractivity contribution in [2.24, 2.45) is 5.73 Å². The van der Waals surface area contributed by atoms with E-state index in [9.17, 15) is 0 Å². The number of nitrogens with one attached hydrogen (secondary N) is 1. The molecule has 0 saturated carbocycles. The summed E-state index contributed by atoms with van der Waals surface area (Å²) in [5.74, 6) is 3.62. The fraction of sp³-hybridized carbons (Fsp3) is 0.615. The molecule has 8 heteroatoms. The number of thioether (sulfide) groups is 2. The van der Waals surface area contributed by atoms with E-state index in [2.05, 4.69) is 27.0 Å². The van der Waals surface area contributed by atoms with Crippen molar-refractivity contribution >= 4 is 23.5 Å². The Morgan fingerprint density at radius 2 is 2.33 bits per heavy atom. The lowest BCUT2D eigenvalue weighted by Gasteiger charge is -2.27. The van der Waals surface area contributed by atoms with Crippen molar-refractivity contribution in [1.82, 2.24) is 20.1 Å². The lowest BCUT2D eigenvalue weighted by molar-refractivity contribution is 0.349. The molecule has 3 unspecified atom stereocenters. The molecule has 1 aliphatic heterocycles. The first-order chi connectivity index (χ1) is 10.3. The Morgan fingerprint density at radius 3 is 3.10 bits per heavy atom. The third-order valence-electron chi connectivity index (χ3n) is 3.48. The molecule has 0 amide bonds. The van der Waals surface area contributed by atoms with Crippen LogP contribution in [-0.2, 0) is 6.42 Å². The van der Waals surface area contributed by atoms with Crippen molar-refractivity contribution in [1.29, 1.82) is 0 Å². The summed E-state index contributed by atoms with van der Waals surface area (Å²) in [4.78, 5) is 11.6. The third-order valence-corrected chi connectivity index (χ3v) is 6.72. The zero-order chi connectivity index (χ0) is 14.7. The minimum Gasteiger partial charge on any atom is -0.348 e. The van der Waals surface area contributed by atoms with Crippen LogP contribution in [0, 0.1) is 0 Å². The summed E-state index contributed by atoms with van der Waals surface area (Å²) in [6, 6.07) is -0.298. The molecule has 2 aromatic heterocycles. The molecule has 114 valence electrons. The molecule has 0 bridgehead atoms. The summed E-state index contributed by atoms with van der Waals surface area (Å²) < 4.78 is 5.38. The van der Waals surface area contributed by atoms with Crippen LogP contribution in [0.2, 0.25) is 0 Å². The molecule has 3 atom stereocenters. The van der Waals surface area contributed by atoms with Crippen LogP contribution < -0.4 is 5.73 Å². The highest BCUT2D eigenvalue weighted by atomic mass is 32.2. The van der Waals surface area contributed by atoms with Gasteiger partial charge in [-0.05, 0) is 6.42 Å². The number of imidazole rings is 1. The van der Waals surface area contributed by atoms with Gasteiger partial charge in [0.2, 0.25) is 5.89 Å². The van der Waals surface area contributed by atoms with Gasteiger partial charge in [-0.2, -0.15) is 16.7 Å². The molecular formula is C13H19N5OS2. The molecule has 3 rings (SSSR count). The van der Waals surface area contributed by atoms with E-state index >= 15 is 0 Å². The van der Waals surface area contributed by atoms with Crippen molar-refractivity contribution in [3.05, 3.63) is 29.9 Å². The second-order valence-electron chi connectivity index (χ2n) is 4.99. The lowest BCUT2D eigenvalue weighted by Crippen LogP contribution is -2.20. The van der Waals surface area contributed by atoms with E-state index < -0.39 is 0 Å². The summed E-state index contributed by atoms with van der Waals surface area (Å²) in [5.41, 5.74) is 7.11. The third kappa shape index (κ3) is 3.44. The van der Waals surface area contributed by atoms with Gasteiger partial charge in [0.05, 0.1) is 17.6 Å². The van der Waals surface area contributed by atoms with Gasteiger partial charge in [-0.25, -0.2) is 4.98 Å². The van der Waals surface area contributed by atoms with Crippen molar-refractivity contribution in [2.45, 2.75) is 36.3 Å². The fourth-order valence-electron chi connectivity index (χ4n) is 2.38. The topological polar surface area (TPSA) is 93.6 Å². The van der Waals surface area contributed by atoms with Gasteiger partial charge < -0.3 is 15.2 Å². The van der Waals surface area contributed by atoms with E-state index in [4.69, 9.17) is 10.3 Å². The summed E-state index contributed by atoms with van der Waals surface area (Å²) in [6.07, 6.45) is 5.14. The summed E-state index contributed by atoms with van der Waals surface area (Å²) in [6.45, 7) is 2.21. The maximum Gasteiger partial charge on any atom is 0.244 e. The van der Waals surface area contributed by atoms with Gasteiger partial charge in [0.1, 0.15) is 0 Å². The van der Waals surface area contributed by atoms with Crippen LogP contribution in [0.25, 0.3) is 0 Å². The zero-order valence-electron chi connectivity index (χ0n) is 11.9. The van der Waals surface area contributed by atoms with Crippen LogP contribution in [0.3, 0.4) is 0 Å². The monoisotopic (exact) mass is 325 g/mol. The van der Waals surface area contributed by atoms with Gasteiger partial charge in [-0.15, -0.1) is 11.8 Å². The van der Waals surface area contributed by atoms with E-state index in [-0.39, 0.29) is 6.04 Å². The number of nitrogens with two attached hydrogens (primary N) is 1. The molecule has 0 aliphatic carbocycles. The van der Waals surface area contributed by atoms with E-state index in [0.29, 0.717) is 22.8 Å². The molecule has 1 saturated heterocycles. The Hall–Kier alpha value is -0.990. The Labute approximate surface area is 132 Å². The number of rotatable bonds is 5. The van der Waals surface area contributed by atoms with Crippen LogP contribution in [0.15, 0.2) is 17.0 Å². The van der Waals surface area contributed by atoms with Gasteiger partial charge >= 0.3 is 0 Å². The Balaban J connectivity index is 1.70. The standard InChI is InChI=1S/C13H19N5OS2/c1-2-10-11(21-4-3-20-10)12-17-13(19-18-12)9(14)5-8-6-15-7-16-8/h6-7,9-11H,2-5,14H2,1H3,(H,15,16). The van der Waals surface area contributed by atoms with Gasteiger partial charge in [0, 0.05) is 35.1 Å². The zero-order valence-corrected chi connectivity index (χ0v) is 13.5. The molecule has 3 N–H and O–H groups in total. The number of hydrogen-bond donors (Lipinski definition) is 2. The van der Waals surface area contributed by atoms with Crippen LogP contribution in [0.4, 0.5) is 0 Å². The van der Waals surface area contributed by atoms with Gasteiger partial charge in [-0.1, -0.05) is 12.1 Å². The van der Waals surface area contributed by atoms with E-state index in [1.165, 1.54) is 5.75 Å². The first kappa shape index (κ1) is 14.9. The lowest BCUT2D eigenvalue weighted by atomic mass is 10.2. The molecule has 0 radical (unpaired) electrons. The van der Waals surface area contributed by atoms with Crippen LogP contribution in [0.1, 0.15) is 42.0 Å². The molecule has 2 aromatic rings. The largest absolute Gasteiger partial charge is 0.348 e. The highest BCUT2D eigenvalue weighted by Gasteiger charge is 2.31. The normalized spacial score (nSPS) is 24.1. The maximum atomic E-state index is 6.14. The summed E-state index contributed by atoms with van der Waals surface area (Å²) in [5, 5.41) is 5.03. The highest BCUT2D eigenvalue weighted by Crippen LogP contribution is 2.43. The van der Waals surface area contributed by atoms with Crippen molar-refractivity contribution in [2.75, 3.05) is 11.5 Å². The number of aromatic nitrogens is 4.